The number of carbonyl (C=O) groups is 1. The third-order valence-corrected chi connectivity index (χ3v) is 3.74. The predicted octanol–water partition coefficient (Wildman–Crippen LogP) is 3.43. The maximum absolute atomic E-state index is 10.9. The number of hydrogen-bond acceptors (Lipinski definition) is 3. The summed E-state index contributed by atoms with van der Waals surface area (Å²) in [6.07, 6.45) is 0. The van der Waals surface area contributed by atoms with E-state index in [-0.39, 0.29) is 5.56 Å². The molecule has 0 atom stereocenters. The van der Waals surface area contributed by atoms with E-state index in [0.717, 1.165) is 9.79 Å². The number of aryl methyl sites for hydroxylation is 1. The summed E-state index contributed by atoms with van der Waals surface area (Å²) in [6, 6.07) is 13.0. The van der Waals surface area contributed by atoms with Crippen LogP contribution in [0, 0.1) is 6.92 Å². The van der Waals surface area contributed by atoms with E-state index in [1.807, 2.05) is 31.2 Å². The maximum Gasteiger partial charge on any atom is 0.337 e. The number of rotatable bonds is 3. The van der Waals surface area contributed by atoms with Gasteiger partial charge in [0.05, 0.1) is 5.56 Å². The van der Waals surface area contributed by atoms with Crippen molar-refractivity contribution in [2.24, 2.45) is 0 Å². The van der Waals surface area contributed by atoms with Crippen molar-refractivity contribution in [2.75, 3.05) is 5.73 Å². The molecule has 0 fully saturated rings. The number of carboxylic acids is 1. The molecule has 2 rings (SSSR count). The molecule has 3 N–H and O–H groups in total. The molecule has 0 aliphatic heterocycles. The van der Waals surface area contributed by atoms with Gasteiger partial charge in [0.15, 0.2) is 0 Å². The van der Waals surface area contributed by atoms with Crippen molar-refractivity contribution >= 4 is 23.4 Å². The highest BCUT2D eigenvalue weighted by molar-refractivity contribution is 7.99. The van der Waals surface area contributed by atoms with Crippen molar-refractivity contribution in [3.05, 3.63) is 53.6 Å². The Labute approximate surface area is 110 Å². The molecule has 4 heteroatoms. The van der Waals surface area contributed by atoms with Crippen LogP contribution in [0.4, 0.5) is 5.69 Å². The fourth-order valence-corrected chi connectivity index (χ4v) is 2.55. The molecule has 18 heavy (non-hydrogen) atoms. The Bertz CT molecular complexity index is 596. The van der Waals surface area contributed by atoms with Gasteiger partial charge in [-0.25, -0.2) is 4.79 Å². The predicted molar refractivity (Wildman–Crippen MR) is 73.1 cm³/mol. The highest BCUT2D eigenvalue weighted by Gasteiger charge is 2.09. The highest BCUT2D eigenvalue weighted by atomic mass is 32.2. The maximum atomic E-state index is 10.9. The number of benzene rings is 2. The number of anilines is 1. The third-order valence-electron chi connectivity index (χ3n) is 2.57. The van der Waals surface area contributed by atoms with Gasteiger partial charge in [-0.1, -0.05) is 30.0 Å². The van der Waals surface area contributed by atoms with E-state index in [4.69, 9.17) is 10.8 Å². The molecule has 0 saturated heterocycles. The first kappa shape index (κ1) is 12.5. The molecule has 92 valence electrons. The van der Waals surface area contributed by atoms with Crippen LogP contribution in [0.1, 0.15) is 15.9 Å². The van der Waals surface area contributed by atoms with Crippen molar-refractivity contribution in [3.63, 3.8) is 0 Å². The molecule has 0 amide bonds. The Balaban J connectivity index is 2.29. The second-order valence-corrected chi connectivity index (χ2v) is 5.04. The Morgan fingerprint density at radius 3 is 2.56 bits per heavy atom. The van der Waals surface area contributed by atoms with Gasteiger partial charge in [-0.3, -0.25) is 0 Å². The van der Waals surface area contributed by atoms with E-state index >= 15 is 0 Å². The van der Waals surface area contributed by atoms with Crippen molar-refractivity contribution in [2.45, 2.75) is 16.7 Å². The molecule has 0 bridgehead atoms. The number of hydrogen-bond donors (Lipinski definition) is 2. The van der Waals surface area contributed by atoms with Crippen LogP contribution >= 0.6 is 11.8 Å². The summed E-state index contributed by atoms with van der Waals surface area (Å²) in [6.45, 7) is 2.04. The van der Waals surface area contributed by atoms with E-state index in [9.17, 15) is 4.79 Å². The summed E-state index contributed by atoms with van der Waals surface area (Å²) in [5.41, 5.74) is 7.34. The van der Waals surface area contributed by atoms with Crippen LogP contribution in [-0.2, 0) is 0 Å². The second kappa shape index (κ2) is 5.14. The van der Waals surface area contributed by atoms with Crippen LogP contribution in [0.2, 0.25) is 0 Å². The van der Waals surface area contributed by atoms with Gasteiger partial charge >= 0.3 is 5.97 Å². The first-order chi connectivity index (χ1) is 8.58. The molecular formula is C14H13NO2S. The average Bonchev–Trinajstić information content (AvgIpc) is 2.32. The van der Waals surface area contributed by atoms with Crippen LogP contribution in [0.5, 0.6) is 0 Å². The van der Waals surface area contributed by atoms with Crippen molar-refractivity contribution in [1.29, 1.82) is 0 Å². The molecule has 0 unspecified atom stereocenters. The molecule has 2 aromatic rings. The fraction of sp³-hybridized carbons (Fsp3) is 0.0714. The standard InChI is InChI=1S/C14H13NO2S/c1-9-4-2-3-5-13(9)18-10-6-7-11(14(16)17)12(15)8-10/h2-8H,15H2,1H3,(H,16,17). The average molecular weight is 259 g/mol. The minimum atomic E-state index is -1.00. The van der Waals surface area contributed by atoms with E-state index < -0.39 is 5.97 Å². The lowest BCUT2D eigenvalue weighted by atomic mass is 10.2. The van der Waals surface area contributed by atoms with Gasteiger partial charge in [0.25, 0.3) is 0 Å². The van der Waals surface area contributed by atoms with Gasteiger partial charge in [0.1, 0.15) is 0 Å². The molecule has 0 aromatic heterocycles. The molecule has 0 saturated carbocycles. The molecule has 0 heterocycles. The van der Waals surface area contributed by atoms with Crippen LogP contribution in [-0.4, -0.2) is 11.1 Å². The number of aromatic carboxylic acids is 1. The lowest BCUT2D eigenvalue weighted by Crippen LogP contribution is -2.01. The van der Waals surface area contributed by atoms with Crippen molar-refractivity contribution < 1.29 is 9.90 Å². The topological polar surface area (TPSA) is 63.3 Å². The molecule has 0 spiro atoms. The van der Waals surface area contributed by atoms with Crippen molar-refractivity contribution in [1.82, 2.24) is 0 Å². The summed E-state index contributed by atoms with van der Waals surface area (Å²) in [4.78, 5) is 12.9. The zero-order valence-electron chi connectivity index (χ0n) is 9.88. The minimum absolute atomic E-state index is 0.143. The Morgan fingerprint density at radius 1 is 1.22 bits per heavy atom. The summed E-state index contributed by atoms with van der Waals surface area (Å²) < 4.78 is 0. The van der Waals surface area contributed by atoms with Gasteiger partial charge in [0, 0.05) is 15.5 Å². The molecule has 0 aliphatic rings. The first-order valence-corrected chi connectivity index (χ1v) is 6.26. The Hall–Kier alpha value is -1.94. The highest BCUT2D eigenvalue weighted by Crippen LogP contribution is 2.31. The molecule has 3 nitrogen and oxygen atoms in total. The SMILES string of the molecule is Cc1ccccc1Sc1ccc(C(=O)O)c(N)c1. The number of nitrogen functional groups attached to an aromatic ring is 1. The minimum Gasteiger partial charge on any atom is -0.478 e. The lowest BCUT2D eigenvalue weighted by molar-refractivity contribution is 0.0698. The smallest absolute Gasteiger partial charge is 0.337 e. The summed E-state index contributed by atoms with van der Waals surface area (Å²) in [5, 5.41) is 8.90. The summed E-state index contributed by atoms with van der Waals surface area (Å²) in [7, 11) is 0. The molecule has 0 aliphatic carbocycles. The molecule has 2 aromatic carbocycles. The monoisotopic (exact) mass is 259 g/mol. The van der Waals surface area contributed by atoms with Crippen molar-refractivity contribution in [3.8, 4) is 0 Å². The van der Waals surface area contributed by atoms with Gasteiger partial charge in [-0.2, -0.15) is 0 Å². The van der Waals surface area contributed by atoms with Gasteiger partial charge < -0.3 is 10.8 Å². The normalized spacial score (nSPS) is 10.3. The lowest BCUT2D eigenvalue weighted by Gasteiger charge is -2.07. The van der Waals surface area contributed by atoms with Gasteiger partial charge in [-0.05, 0) is 36.8 Å². The first-order valence-electron chi connectivity index (χ1n) is 5.44. The van der Waals surface area contributed by atoms with E-state index in [0.29, 0.717) is 5.69 Å². The van der Waals surface area contributed by atoms with Crippen LogP contribution < -0.4 is 5.73 Å². The second-order valence-electron chi connectivity index (χ2n) is 3.92. The van der Waals surface area contributed by atoms with E-state index in [1.165, 1.54) is 11.6 Å². The van der Waals surface area contributed by atoms with Crippen LogP contribution in [0.3, 0.4) is 0 Å². The van der Waals surface area contributed by atoms with Gasteiger partial charge in [0.2, 0.25) is 0 Å². The quantitative estimate of drug-likeness (QED) is 0.829. The number of carboxylic acid groups (broad SMARTS) is 1. The largest absolute Gasteiger partial charge is 0.478 e. The number of nitrogens with two attached hydrogens (primary N) is 1. The molecular weight excluding hydrogens is 246 g/mol. The Morgan fingerprint density at radius 2 is 1.94 bits per heavy atom. The zero-order chi connectivity index (χ0) is 13.1. The van der Waals surface area contributed by atoms with Gasteiger partial charge in [-0.15, -0.1) is 0 Å². The fourth-order valence-electron chi connectivity index (χ4n) is 1.60. The van der Waals surface area contributed by atoms with E-state index in [2.05, 4.69) is 0 Å². The van der Waals surface area contributed by atoms with Crippen LogP contribution in [0.25, 0.3) is 0 Å². The molecule has 0 radical (unpaired) electrons. The van der Waals surface area contributed by atoms with Crippen LogP contribution in [0.15, 0.2) is 52.3 Å². The summed E-state index contributed by atoms with van der Waals surface area (Å²) >= 11 is 1.58. The zero-order valence-corrected chi connectivity index (χ0v) is 10.7. The third kappa shape index (κ3) is 2.65. The van der Waals surface area contributed by atoms with E-state index in [1.54, 1.807) is 23.9 Å². The Kier molecular flexibility index (Phi) is 3.58. The summed E-state index contributed by atoms with van der Waals surface area (Å²) in [5.74, 6) is -1.00.